The second-order valence-electron chi connectivity index (χ2n) is 3.99. The van der Waals surface area contributed by atoms with Crippen LogP contribution in [-0.4, -0.2) is 35.2 Å². The molecule has 1 saturated carbocycles. The molecule has 4 nitrogen and oxygen atoms in total. The Labute approximate surface area is 71.3 Å². The Hall–Kier alpha value is -0.770. The average molecular weight is 170 g/mol. The monoisotopic (exact) mass is 170 g/mol. The quantitative estimate of drug-likeness (QED) is 0.555. The highest BCUT2D eigenvalue weighted by Crippen LogP contribution is 2.47. The summed E-state index contributed by atoms with van der Waals surface area (Å²) in [5, 5.41) is 8.75. The molecule has 68 valence electrons. The Kier molecular flexibility index (Phi) is 1.54. The molecule has 1 amide bonds. The molecule has 1 saturated heterocycles. The molecule has 1 heterocycles. The third-order valence-electron chi connectivity index (χ3n) is 3.33. The molecule has 0 aromatic carbocycles. The molecule has 1 spiro atoms. The number of likely N-dealkylation sites (tertiary alicyclic amines) is 1. The highest BCUT2D eigenvalue weighted by molar-refractivity contribution is 5.65. The van der Waals surface area contributed by atoms with Crippen LogP contribution in [0.2, 0.25) is 0 Å². The van der Waals surface area contributed by atoms with E-state index in [0.717, 1.165) is 12.8 Å². The molecule has 1 atom stereocenters. The molecule has 2 rings (SSSR count). The molecule has 4 heteroatoms. The van der Waals surface area contributed by atoms with Gasteiger partial charge in [0.05, 0.1) is 0 Å². The number of nitrogens with zero attached hydrogens (tertiary/aromatic N) is 1. The van der Waals surface area contributed by atoms with E-state index in [4.69, 9.17) is 10.8 Å². The molecule has 1 unspecified atom stereocenters. The van der Waals surface area contributed by atoms with E-state index < -0.39 is 6.09 Å². The van der Waals surface area contributed by atoms with E-state index >= 15 is 0 Å². The van der Waals surface area contributed by atoms with Gasteiger partial charge in [0.1, 0.15) is 0 Å². The molecule has 1 aliphatic heterocycles. The first kappa shape index (κ1) is 7.86. The third-order valence-corrected chi connectivity index (χ3v) is 3.33. The van der Waals surface area contributed by atoms with E-state index in [1.54, 1.807) is 0 Å². The predicted molar refractivity (Wildman–Crippen MR) is 43.9 cm³/mol. The molecule has 2 aliphatic rings. The smallest absolute Gasteiger partial charge is 0.407 e. The third kappa shape index (κ3) is 0.909. The minimum atomic E-state index is -0.825. The maximum Gasteiger partial charge on any atom is 0.407 e. The van der Waals surface area contributed by atoms with Gasteiger partial charge in [-0.1, -0.05) is 6.42 Å². The second-order valence-corrected chi connectivity index (χ2v) is 3.99. The van der Waals surface area contributed by atoms with Crippen LogP contribution in [0.3, 0.4) is 0 Å². The van der Waals surface area contributed by atoms with Gasteiger partial charge < -0.3 is 15.7 Å². The molecule has 3 N–H and O–H groups in total. The number of carboxylic acid groups (broad SMARTS) is 1. The van der Waals surface area contributed by atoms with Gasteiger partial charge in [-0.05, 0) is 12.8 Å². The van der Waals surface area contributed by atoms with E-state index in [9.17, 15) is 4.79 Å². The fourth-order valence-electron chi connectivity index (χ4n) is 2.30. The van der Waals surface area contributed by atoms with Crippen molar-refractivity contribution in [2.75, 3.05) is 13.1 Å². The standard InChI is InChI=1S/C8H14N2O2/c9-6-4-10(7(11)12)5-8(6)2-1-3-8/h6H,1-5,9H2,(H,11,12). The Morgan fingerprint density at radius 3 is 2.50 bits per heavy atom. The summed E-state index contributed by atoms with van der Waals surface area (Å²) >= 11 is 0. The first-order chi connectivity index (χ1) is 5.64. The lowest BCUT2D eigenvalue weighted by molar-refractivity contribution is 0.113. The zero-order chi connectivity index (χ0) is 8.77. The van der Waals surface area contributed by atoms with Gasteiger partial charge in [-0.2, -0.15) is 0 Å². The fraction of sp³-hybridized carbons (Fsp3) is 0.875. The maximum absolute atomic E-state index is 10.6. The normalized spacial score (nSPS) is 32.1. The fourth-order valence-corrected chi connectivity index (χ4v) is 2.30. The Bertz CT molecular complexity index is 213. The largest absolute Gasteiger partial charge is 0.465 e. The van der Waals surface area contributed by atoms with Crippen molar-refractivity contribution in [3.8, 4) is 0 Å². The highest BCUT2D eigenvalue weighted by atomic mass is 16.4. The van der Waals surface area contributed by atoms with Crippen molar-refractivity contribution in [3.05, 3.63) is 0 Å². The summed E-state index contributed by atoms with van der Waals surface area (Å²) in [6.45, 7) is 1.18. The summed E-state index contributed by atoms with van der Waals surface area (Å²) in [6.07, 6.45) is 2.60. The first-order valence-corrected chi connectivity index (χ1v) is 4.37. The topological polar surface area (TPSA) is 66.6 Å². The van der Waals surface area contributed by atoms with Crippen LogP contribution in [-0.2, 0) is 0 Å². The summed E-state index contributed by atoms with van der Waals surface area (Å²) in [7, 11) is 0. The molecule has 2 fully saturated rings. The Morgan fingerprint density at radius 1 is 1.58 bits per heavy atom. The summed E-state index contributed by atoms with van der Waals surface area (Å²) in [4.78, 5) is 12.1. The lowest BCUT2D eigenvalue weighted by atomic mass is 9.66. The first-order valence-electron chi connectivity index (χ1n) is 4.37. The summed E-state index contributed by atoms with van der Waals surface area (Å²) in [5.41, 5.74) is 6.05. The van der Waals surface area contributed by atoms with Gasteiger partial charge in [0.25, 0.3) is 0 Å². The van der Waals surface area contributed by atoms with Gasteiger partial charge >= 0.3 is 6.09 Å². The van der Waals surface area contributed by atoms with E-state index in [0.29, 0.717) is 13.1 Å². The second kappa shape index (κ2) is 2.36. The molecular formula is C8H14N2O2. The molecule has 0 radical (unpaired) electrons. The maximum atomic E-state index is 10.6. The summed E-state index contributed by atoms with van der Waals surface area (Å²) in [5.74, 6) is 0. The predicted octanol–water partition coefficient (Wildman–Crippen LogP) is 0.478. The van der Waals surface area contributed by atoms with Gasteiger partial charge in [0.2, 0.25) is 0 Å². The van der Waals surface area contributed by atoms with Crippen LogP contribution in [0.25, 0.3) is 0 Å². The minimum absolute atomic E-state index is 0.0716. The van der Waals surface area contributed by atoms with Crippen molar-refractivity contribution in [1.29, 1.82) is 0 Å². The van der Waals surface area contributed by atoms with Crippen molar-refractivity contribution in [2.45, 2.75) is 25.3 Å². The number of rotatable bonds is 0. The SMILES string of the molecule is NC1CN(C(=O)O)CC12CCC2. The van der Waals surface area contributed by atoms with Crippen LogP contribution in [0.4, 0.5) is 4.79 Å². The average Bonchev–Trinajstić information content (AvgIpc) is 2.25. The van der Waals surface area contributed by atoms with Crippen LogP contribution in [0.1, 0.15) is 19.3 Å². The molecule has 0 aromatic heterocycles. The van der Waals surface area contributed by atoms with E-state index in [1.165, 1.54) is 11.3 Å². The Balaban J connectivity index is 2.07. The van der Waals surface area contributed by atoms with Crippen LogP contribution in [0, 0.1) is 5.41 Å². The van der Waals surface area contributed by atoms with Crippen molar-refractivity contribution < 1.29 is 9.90 Å². The number of hydrogen-bond acceptors (Lipinski definition) is 2. The van der Waals surface area contributed by atoms with E-state index in [2.05, 4.69) is 0 Å². The summed E-state index contributed by atoms with van der Waals surface area (Å²) < 4.78 is 0. The van der Waals surface area contributed by atoms with Crippen molar-refractivity contribution in [1.82, 2.24) is 4.90 Å². The number of carbonyl (C=O) groups is 1. The number of nitrogens with two attached hydrogens (primary N) is 1. The van der Waals surface area contributed by atoms with E-state index in [-0.39, 0.29) is 11.5 Å². The van der Waals surface area contributed by atoms with Crippen molar-refractivity contribution in [2.24, 2.45) is 11.1 Å². The number of amides is 1. The lowest BCUT2D eigenvalue weighted by Gasteiger charge is -2.40. The van der Waals surface area contributed by atoms with Crippen LogP contribution < -0.4 is 5.73 Å². The van der Waals surface area contributed by atoms with Crippen LogP contribution >= 0.6 is 0 Å². The molecule has 1 aliphatic carbocycles. The zero-order valence-corrected chi connectivity index (χ0v) is 6.99. The van der Waals surface area contributed by atoms with Crippen molar-refractivity contribution in [3.63, 3.8) is 0 Å². The highest BCUT2D eigenvalue weighted by Gasteiger charge is 2.49. The number of hydrogen-bond donors (Lipinski definition) is 2. The molecular weight excluding hydrogens is 156 g/mol. The minimum Gasteiger partial charge on any atom is -0.465 e. The van der Waals surface area contributed by atoms with Crippen LogP contribution in [0.15, 0.2) is 0 Å². The van der Waals surface area contributed by atoms with Gasteiger partial charge in [-0.25, -0.2) is 4.79 Å². The summed E-state index contributed by atoms with van der Waals surface area (Å²) in [6, 6.07) is 0.0716. The van der Waals surface area contributed by atoms with Gasteiger partial charge in [-0.3, -0.25) is 0 Å². The van der Waals surface area contributed by atoms with E-state index in [1.807, 2.05) is 0 Å². The van der Waals surface area contributed by atoms with Gasteiger partial charge in [0, 0.05) is 24.5 Å². The molecule has 0 bridgehead atoms. The zero-order valence-electron chi connectivity index (χ0n) is 6.99. The Morgan fingerprint density at radius 2 is 2.25 bits per heavy atom. The molecule has 0 aromatic rings. The lowest BCUT2D eigenvalue weighted by Crippen LogP contribution is -2.45. The van der Waals surface area contributed by atoms with Crippen molar-refractivity contribution >= 4 is 6.09 Å². The molecule has 12 heavy (non-hydrogen) atoms. The van der Waals surface area contributed by atoms with Crippen LogP contribution in [0.5, 0.6) is 0 Å². The van der Waals surface area contributed by atoms with Gasteiger partial charge in [-0.15, -0.1) is 0 Å². The van der Waals surface area contributed by atoms with Gasteiger partial charge in [0.15, 0.2) is 0 Å².